The average Bonchev–Trinajstić information content (AvgIpc) is 3.60. The first-order valence-corrected chi connectivity index (χ1v) is 11.4. The molecule has 11 nitrogen and oxygen atoms in total. The summed E-state index contributed by atoms with van der Waals surface area (Å²) in [5, 5.41) is 31.6. The molecule has 0 bridgehead atoms. The van der Waals surface area contributed by atoms with Crippen molar-refractivity contribution in [1.29, 1.82) is 0 Å². The van der Waals surface area contributed by atoms with Gasteiger partial charge >= 0.3 is 0 Å². The van der Waals surface area contributed by atoms with Crippen LogP contribution in [0, 0.1) is 11.8 Å². The maximum Gasteiger partial charge on any atom is 0.290 e. The van der Waals surface area contributed by atoms with Crippen LogP contribution in [0.3, 0.4) is 0 Å². The lowest BCUT2D eigenvalue weighted by Gasteiger charge is -2.40. The van der Waals surface area contributed by atoms with Gasteiger partial charge in [0.05, 0.1) is 11.8 Å². The predicted octanol–water partition coefficient (Wildman–Crippen LogP) is 1.18. The lowest BCUT2D eigenvalue weighted by Crippen LogP contribution is -2.48. The number of rotatable bonds is 3. The number of aromatic amines is 1. The SMILES string of the molecule is O=C(c1cc(-c2ccccn2)n[nH]1)N1C[C@H]2C[C@@H](N3CCCC3)[C@H](O)C[C@H]2C1.O=CO.O=CO. The Balaban J connectivity index is 0.000000492. The summed E-state index contributed by atoms with van der Waals surface area (Å²) in [5.41, 5.74) is 1.95. The highest BCUT2D eigenvalue weighted by Crippen LogP contribution is 2.39. The Morgan fingerprint density at radius 1 is 1.03 bits per heavy atom. The summed E-state index contributed by atoms with van der Waals surface area (Å²) in [7, 11) is 0. The van der Waals surface area contributed by atoms with Gasteiger partial charge in [-0.2, -0.15) is 5.10 Å². The van der Waals surface area contributed by atoms with Crippen molar-refractivity contribution in [3.8, 4) is 11.4 Å². The van der Waals surface area contributed by atoms with Crippen LogP contribution in [0.1, 0.15) is 36.2 Å². The van der Waals surface area contributed by atoms with Crippen LogP contribution >= 0.6 is 0 Å². The number of pyridine rings is 1. The topological polar surface area (TPSA) is 160 Å². The molecule has 2 aromatic heterocycles. The number of aliphatic hydroxyl groups is 1. The molecule has 1 amide bonds. The number of aromatic nitrogens is 3. The molecule has 34 heavy (non-hydrogen) atoms. The third-order valence-corrected chi connectivity index (χ3v) is 6.74. The average molecular weight is 474 g/mol. The first kappa shape index (κ1) is 25.3. The molecule has 184 valence electrons. The Morgan fingerprint density at radius 2 is 1.68 bits per heavy atom. The largest absolute Gasteiger partial charge is 0.483 e. The number of carbonyl (C=O) groups excluding carboxylic acids is 1. The third kappa shape index (κ3) is 5.97. The van der Waals surface area contributed by atoms with Crippen molar-refractivity contribution in [1.82, 2.24) is 25.0 Å². The minimum atomic E-state index is -0.266. The number of amides is 1. The Morgan fingerprint density at radius 3 is 2.29 bits per heavy atom. The second-order valence-electron chi connectivity index (χ2n) is 8.67. The first-order chi connectivity index (χ1) is 16.5. The highest BCUT2D eigenvalue weighted by molar-refractivity contribution is 5.93. The molecule has 4 atom stereocenters. The van der Waals surface area contributed by atoms with Crippen molar-refractivity contribution in [2.24, 2.45) is 11.8 Å². The number of likely N-dealkylation sites (tertiary alicyclic amines) is 2. The number of carbonyl (C=O) groups is 3. The van der Waals surface area contributed by atoms with E-state index >= 15 is 0 Å². The van der Waals surface area contributed by atoms with Crippen molar-refractivity contribution < 1.29 is 29.7 Å². The van der Waals surface area contributed by atoms with Crippen LogP contribution in [0.5, 0.6) is 0 Å². The van der Waals surface area contributed by atoms with Gasteiger partial charge in [0.2, 0.25) is 0 Å². The Labute approximate surface area is 197 Å². The fraction of sp³-hybridized carbons (Fsp3) is 0.522. The standard InChI is InChI=1S/C21H27N5O2.2CH2O2/c27-20-10-15-13-26(12-14(15)9-19(20)25-7-3-4-8-25)21(28)18-11-17(23-24-18)16-5-1-2-6-22-16;2*2-1-3/h1-2,5-6,11,14-15,19-20,27H,3-4,7-10,12-13H2,(H,23,24);2*1H,(H,2,3)/t14-,15+,19-,20-;;/m1../s1. The summed E-state index contributed by atoms with van der Waals surface area (Å²) in [6.45, 7) is 3.21. The van der Waals surface area contributed by atoms with Crippen LogP contribution in [0.25, 0.3) is 11.4 Å². The molecule has 1 saturated carbocycles. The number of hydrogen-bond acceptors (Lipinski definition) is 7. The van der Waals surface area contributed by atoms with Crippen LogP contribution < -0.4 is 0 Å². The smallest absolute Gasteiger partial charge is 0.290 e. The zero-order valence-corrected chi connectivity index (χ0v) is 18.9. The van der Waals surface area contributed by atoms with Gasteiger partial charge in [0.15, 0.2) is 0 Å². The molecule has 0 spiro atoms. The molecular formula is C23H31N5O6. The molecule has 2 aliphatic heterocycles. The highest BCUT2D eigenvalue weighted by atomic mass is 16.3. The van der Waals surface area contributed by atoms with E-state index < -0.39 is 0 Å². The Bertz CT molecular complexity index is 927. The molecule has 3 fully saturated rings. The Kier molecular flexibility index (Phi) is 9.11. The molecule has 4 heterocycles. The third-order valence-electron chi connectivity index (χ3n) is 6.74. The minimum Gasteiger partial charge on any atom is -0.483 e. The summed E-state index contributed by atoms with van der Waals surface area (Å²) in [4.78, 5) is 38.4. The molecule has 4 N–H and O–H groups in total. The van der Waals surface area contributed by atoms with E-state index in [4.69, 9.17) is 19.8 Å². The number of carboxylic acid groups (broad SMARTS) is 2. The molecule has 0 radical (unpaired) electrons. The van der Waals surface area contributed by atoms with E-state index in [9.17, 15) is 9.90 Å². The summed E-state index contributed by atoms with van der Waals surface area (Å²) in [6, 6.07) is 7.70. The molecular weight excluding hydrogens is 442 g/mol. The van der Waals surface area contributed by atoms with E-state index in [2.05, 4.69) is 20.1 Å². The first-order valence-electron chi connectivity index (χ1n) is 11.4. The molecule has 0 aromatic carbocycles. The number of aliphatic hydroxyl groups excluding tert-OH is 1. The molecule has 5 rings (SSSR count). The van der Waals surface area contributed by atoms with Gasteiger partial charge < -0.3 is 20.2 Å². The predicted molar refractivity (Wildman–Crippen MR) is 122 cm³/mol. The zero-order valence-electron chi connectivity index (χ0n) is 18.9. The normalized spacial score (nSPS) is 25.9. The minimum absolute atomic E-state index is 0.00343. The Hall–Kier alpha value is -3.31. The second kappa shape index (κ2) is 12.2. The lowest BCUT2D eigenvalue weighted by atomic mass is 9.77. The van der Waals surface area contributed by atoms with Crippen molar-refractivity contribution in [3.63, 3.8) is 0 Å². The maximum absolute atomic E-state index is 13.0. The zero-order chi connectivity index (χ0) is 24.5. The number of fused-ring (bicyclic) bond motifs is 1. The summed E-state index contributed by atoms with van der Waals surface area (Å²) >= 11 is 0. The van der Waals surface area contributed by atoms with Gasteiger partial charge in [0, 0.05) is 25.3 Å². The monoisotopic (exact) mass is 473 g/mol. The van der Waals surface area contributed by atoms with Gasteiger partial charge in [-0.3, -0.25) is 29.4 Å². The van der Waals surface area contributed by atoms with Crippen LogP contribution in [0.4, 0.5) is 0 Å². The van der Waals surface area contributed by atoms with E-state index in [1.807, 2.05) is 23.1 Å². The molecule has 3 aliphatic rings. The number of nitrogens with one attached hydrogen (secondary N) is 1. The van der Waals surface area contributed by atoms with Gasteiger partial charge in [-0.1, -0.05) is 6.07 Å². The fourth-order valence-corrected chi connectivity index (χ4v) is 5.29. The highest BCUT2D eigenvalue weighted by Gasteiger charge is 2.45. The maximum atomic E-state index is 13.0. The summed E-state index contributed by atoms with van der Waals surface area (Å²) < 4.78 is 0. The van der Waals surface area contributed by atoms with E-state index in [1.54, 1.807) is 12.3 Å². The van der Waals surface area contributed by atoms with E-state index in [0.29, 0.717) is 23.2 Å². The van der Waals surface area contributed by atoms with Crippen molar-refractivity contribution >= 4 is 18.9 Å². The van der Waals surface area contributed by atoms with Gasteiger partial charge in [-0.05, 0) is 68.8 Å². The fourth-order valence-electron chi connectivity index (χ4n) is 5.29. The second-order valence-corrected chi connectivity index (χ2v) is 8.67. The number of H-pyrrole nitrogens is 1. The van der Waals surface area contributed by atoms with E-state index in [1.165, 1.54) is 12.8 Å². The van der Waals surface area contributed by atoms with Crippen molar-refractivity contribution in [2.75, 3.05) is 26.2 Å². The van der Waals surface area contributed by atoms with Crippen molar-refractivity contribution in [2.45, 2.75) is 37.8 Å². The molecule has 2 saturated heterocycles. The van der Waals surface area contributed by atoms with E-state index in [-0.39, 0.29) is 31.0 Å². The van der Waals surface area contributed by atoms with Gasteiger partial charge in [-0.15, -0.1) is 0 Å². The van der Waals surface area contributed by atoms with Crippen LogP contribution in [0.15, 0.2) is 30.5 Å². The summed E-state index contributed by atoms with van der Waals surface area (Å²) in [5.74, 6) is 0.878. The van der Waals surface area contributed by atoms with Crippen LogP contribution in [0.2, 0.25) is 0 Å². The molecule has 1 aliphatic carbocycles. The van der Waals surface area contributed by atoms with E-state index in [0.717, 1.165) is 44.7 Å². The summed E-state index contributed by atoms with van der Waals surface area (Å²) in [6.07, 6.45) is 5.73. The number of nitrogens with zero attached hydrogens (tertiary/aromatic N) is 4. The van der Waals surface area contributed by atoms with Crippen LogP contribution in [-0.2, 0) is 9.59 Å². The van der Waals surface area contributed by atoms with Gasteiger partial charge in [-0.25, -0.2) is 0 Å². The van der Waals surface area contributed by atoms with Crippen LogP contribution in [-0.4, -0.2) is 97.5 Å². The molecule has 0 unspecified atom stereocenters. The van der Waals surface area contributed by atoms with Gasteiger partial charge in [0.25, 0.3) is 18.9 Å². The lowest BCUT2D eigenvalue weighted by molar-refractivity contribution is -0.123. The van der Waals surface area contributed by atoms with Crippen molar-refractivity contribution in [3.05, 3.63) is 36.2 Å². The van der Waals surface area contributed by atoms with Gasteiger partial charge in [0.1, 0.15) is 11.4 Å². The molecule has 11 heteroatoms. The molecule has 2 aromatic rings. The quantitative estimate of drug-likeness (QED) is 0.480. The number of hydrogen-bond donors (Lipinski definition) is 4.